The van der Waals surface area contributed by atoms with Crippen LogP contribution < -0.4 is 0 Å². The summed E-state index contributed by atoms with van der Waals surface area (Å²) < 4.78 is 32.5. The summed E-state index contributed by atoms with van der Waals surface area (Å²) in [5.74, 6) is 0.402. The quantitative estimate of drug-likeness (QED) is 0.344. The van der Waals surface area contributed by atoms with E-state index in [0.717, 1.165) is 5.56 Å². The number of ether oxygens (including phenoxy) is 1. The van der Waals surface area contributed by atoms with Gasteiger partial charge in [-0.1, -0.05) is 78.9 Å². The number of hydrogen-bond donors (Lipinski definition) is 0. The monoisotopic (exact) mass is 412 g/mol. The van der Waals surface area contributed by atoms with Crippen molar-refractivity contribution in [3.8, 4) is 0 Å². The van der Waals surface area contributed by atoms with Gasteiger partial charge < -0.3 is 4.74 Å². The number of hydrogen-bond acceptors (Lipinski definition) is 3. The van der Waals surface area contributed by atoms with Crippen LogP contribution in [-0.4, -0.2) is 14.3 Å². The fraction of sp³-hybridized carbons (Fsp3) is 0.130. The molecule has 0 heterocycles. The lowest BCUT2D eigenvalue weighted by atomic mass is 10.1. The molecule has 3 nitrogen and oxygen atoms in total. The van der Waals surface area contributed by atoms with Gasteiger partial charge in [0.15, 0.2) is 0 Å². The van der Waals surface area contributed by atoms with Gasteiger partial charge in [-0.05, 0) is 23.3 Å². The van der Waals surface area contributed by atoms with Crippen LogP contribution in [0.4, 0.5) is 0 Å². The number of benzene rings is 3. The molecular weight excluding hydrogens is 392 g/mol. The molecule has 1 atom stereocenters. The fourth-order valence-corrected chi connectivity index (χ4v) is 4.44. The van der Waals surface area contributed by atoms with Crippen molar-refractivity contribution < 1.29 is 13.2 Å². The van der Waals surface area contributed by atoms with E-state index in [2.05, 4.69) is 0 Å². The highest BCUT2D eigenvalue weighted by Gasteiger charge is 2.23. The van der Waals surface area contributed by atoms with Gasteiger partial charge in [-0.2, -0.15) is 0 Å². The van der Waals surface area contributed by atoms with Crippen molar-refractivity contribution in [1.29, 1.82) is 0 Å². The van der Waals surface area contributed by atoms with Crippen LogP contribution in [-0.2, 0) is 14.6 Å². The van der Waals surface area contributed by atoms with Gasteiger partial charge in [0.25, 0.3) is 0 Å². The van der Waals surface area contributed by atoms with Crippen molar-refractivity contribution in [2.45, 2.75) is 17.4 Å². The molecular formula is C23H21ClO3S. The molecule has 1 unspecified atom stereocenters. The average molecular weight is 413 g/mol. The molecule has 0 amide bonds. The van der Waals surface area contributed by atoms with E-state index in [4.69, 9.17) is 16.3 Å². The van der Waals surface area contributed by atoms with Gasteiger partial charge in [0.1, 0.15) is 17.3 Å². The maximum absolute atomic E-state index is 13.3. The highest BCUT2D eigenvalue weighted by molar-refractivity contribution is 8.00. The van der Waals surface area contributed by atoms with Crippen LogP contribution in [0.25, 0.3) is 4.91 Å². The van der Waals surface area contributed by atoms with Crippen molar-refractivity contribution in [2.24, 2.45) is 0 Å². The lowest BCUT2D eigenvalue weighted by Gasteiger charge is -2.18. The standard InChI is InChI=1S/C23H21ClO3S/c24-17-16-22(19-10-4-1-5-11-19)27-18-23(20-12-6-2-7-13-20)28(25,26)21-14-8-3-9-15-21/h1-15,18,22H,16-17H2/b23-18-. The molecule has 0 aliphatic rings. The molecule has 3 aromatic rings. The summed E-state index contributed by atoms with van der Waals surface area (Å²) in [4.78, 5) is 0.345. The first-order valence-corrected chi connectivity index (χ1v) is 11.0. The van der Waals surface area contributed by atoms with Crippen LogP contribution in [0.5, 0.6) is 0 Å². The molecule has 0 saturated heterocycles. The summed E-state index contributed by atoms with van der Waals surface area (Å²) >= 11 is 5.95. The van der Waals surface area contributed by atoms with Crippen molar-refractivity contribution in [2.75, 3.05) is 5.88 Å². The molecule has 144 valence electrons. The van der Waals surface area contributed by atoms with E-state index >= 15 is 0 Å². The Balaban J connectivity index is 2.02. The third-order valence-corrected chi connectivity index (χ3v) is 6.31. The van der Waals surface area contributed by atoms with Gasteiger partial charge in [0.05, 0.1) is 4.90 Å². The van der Waals surface area contributed by atoms with E-state index in [-0.39, 0.29) is 15.9 Å². The van der Waals surface area contributed by atoms with Crippen LogP contribution in [0.2, 0.25) is 0 Å². The fourth-order valence-electron chi connectivity index (χ4n) is 2.84. The molecule has 28 heavy (non-hydrogen) atoms. The molecule has 0 aliphatic carbocycles. The van der Waals surface area contributed by atoms with Gasteiger partial charge in [0, 0.05) is 12.3 Å². The van der Waals surface area contributed by atoms with Gasteiger partial charge in [-0.15, -0.1) is 11.6 Å². The number of sulfone groups is 1. The minimum Gasteiger partial charge on any atom is -0.492 e. The molecule has 0 bridgehead atoms. The van der Waals surface area contributed by atoms with Crippen molar-refractivity contribution >= 4 is 26.3 Å². The number of halogens is 1. The van der Waals surface area contributed by atoms with Crippen LogP contribution in [0.3, 0.4) is 0 Å². The lowest BCUT2D eigenvalue weighted by molar-refractivity contribution is 0.144. The van der Waals surface area contributed by atoms with Gasteiger partial charge in [0.2, 0.25) is 9.84 Å². The average Bonchev–Trinajstić information content (AvgIpc) is 2.75. The molecule has 3 aromatic carbocycles. The van der Waals surface area contributed by atoms with Crippen LogP contribution >= 0.6 is 11.6 Å². The second-order valence-corrected chi connectivity index (χ2v) is 8.47. The van der Waals surface area contributed by atoms with E-state index < -0.39 is 9.84 Å². The minimum atomic E-state index is -3.74. The normalized spacial score (nSPS) is 13.1. The van der Waals surface area contributed by atoms with E-state index in [1.807, 2.05) is 36.4 Å². The predicted octanol–water partition coefficient (Wildman–Crippen LogP) is 5.85. The zero-order valence-electron chi connectivity index (χ0n) is 15.2. The number of alkyl halides is 1. The minimum absolute atomic E-state index is 0.120. The molecule has 0 spiro atoms. The van der Waals surface area contributed by atoms with Gasteiger partial charge in [-0.25, -0.2) is 8.42 Å². The molecule has 0 saturated carbocycles. The Morgan fingerprint density at radius 1 is 0.857 bits per heavy atom. The Labute approximate surface area is 171 Å². The first-order chi connectivity index (χ1) is 13.6. The summed E-state index contributed by atoms with van der Waals surface area (Å²) in [7, 11) is -3.74. The van der Waals surface area contributed by atoms with Crippen LogP contribution in [0.1, 0.15) is 23.7 Å². The maximum Gasteiger partial charge on any atom is 0.210 e. The van der Waals surface area contributed by atoms with Gasteiger partial charge in [-0.3, -0.25) is 0 Å². The summed E-state index contributed by atoms with van der Waals surface area (Å²) in [5.41, 5.74) is 1.52. The zero-order chi connectivity index (χ0) is 19.8. The third-order valence-electron chi connectivity index (χ3n) is 4.28. The molecule has 0 N–H and O–H groups in total. The second-order valence-electron chi connectivity index (χ2n) is 6.18. The molecule has 0 aliphatic heterocycles. The topological polar surface area (TPSA) is 43.4 Å². The Hall–Kier alpha value is -2.56. The van der Waals surface area contributed by atoms with E-state index in [0.29, 0.717) is 17.9 Å². The lowest BCUT2D eigenvalue weighted by Crippen LogP contribution is -2.07. The van der Waals surface area contributed by atoms with E-state index in [1.165, 1.54) is 6.26 Å². The summed E-state index contributed by atoms with van der Waals surface area (Å²) in [5, 5.41) is 0. The SMILES string of the molecule is O=S(=O)(/C(=C\OC(CCCl)c1ccccc1)c1ccccc1)c1ccccc1. The molecule has 5 heteroatoms. The maximum atomic E-state index is 13.3. The smallest absolute Gasteiger partial charge is 0.210 e. The Morgan fingerprint density at radius 2 is 1.39 bits per heavy atom. The van der Waals surface area contributed by atoms with Crippen molar-refractivity contribution in [1.82, 2.24) is 0 Å². The largest absolute Gasteiger partial charge is 0.492 e. The molecule has 3 rings (SSSR count). The molecule has 0 radical (unpaired) electrons. The Morgan fingerprint density at radius 3 is 1.96 bits per heavy atom. The second kappa shape index (κ2) is 9.58. The predicted molar refractivity (Wildman–Crippen MR) is 114 cm³/mol. The van der Waals surface area contributed by atoms with Gasteiger partial charge >= 0.3 is 0 Å². The molecule has 0 aromatic heterocycles. The Kier molecular flexibility index (Phi) is 6.90. The van der Waals surface area contributed by atoms with Crippen molar-refractivity contribution in [3.63, 3.8) is 0 Å². The highest BCUT2D eigenvalue weighted by Crippen LogP contribution is 2.30. The van der Waals surface area contributed by atoms with E-state index in [1.54, 1.807) is 54.6 Å². The highest BCUT2D eigenvalue weighted by atomic mass is 35.5. The first-order valence-electron chi connectivity index (χ1n) is 8.95. The van der Waals surface area contributed by atoms with Crippen molar-refractivity contribution in [3.05, 3.63) is 108 Å². The zero-order valence-corrected chi connectivity index (χ0v) is 16.8. The van der Waals surface area contributed by atoms with Crippen LogP contribution in [0, 0.1) is 0 Å². The first kappa shape index (κ1) is 20.2. The Bertz CT molecular complexity index is 1000. The number of rotatable bonds is 8. The molecule has 0 fully saturated rings. The third kappa shape index (κ3) is 4.83. The summed E-state index contributed by atoms with van der Waals surface area (Å²) in [6, 6.07) is 27.0. The van der Waals surface area contributed by atoms with Crippen LogP contribution in [0.15, 0.2) is 102 Å². The summed E-state index contributed by atoms with van der Waals surface area (Å²) in [6.45, 7) is 0. The van der Waals surface area contributed by atoms with E-state index in [9.17, 15) is 8.42 Å². The summed E-state index contributed by atoms with van der Waals surface area (Å²) in [6.07, 6.45) is 1.58.